The lowest BCUT2D eigenvalue weighted by Crippen LogP contribution is -2.32. The molecule has 1 aromatic carbocycles. The highest BCUT2D eigenvalue weighted by Crippen LogP contribution is 2.17. The van der Waals surface area contributed by atoms with Crippen molar-refractivity contribution < 1.29 is 14.2 Å². The lowest BCUT2D eigenvalue weighted by atomic mass is 10.3. The molecule has 156 valence electrons. The summed E-state index contributed by atoms with van der Waals surface area (Å²) >= 11 is 0. The van der Waals surface area contributed by atoms with Crippen molar-refractivity contribution in [3.8, 4) is 5.75 Å². The number of nitrogens with one attached hydrogen (secondary N) is 2. The Morgan fingerprint density at radius 3 is 2.59 bits per heavy atom. The number of aliphatic imine (C=N–C) groups is 1. The van der Waals surface area contributed by atoms with Gasteiger partial charge >= 0.3 is 0 Å². The summed E-state index contributed by atoms with van der Waals surface area (Å²) in [6.07, 6.45) is 0.870. The fourth-order valence-electron chi connectivity index (χ4n) is 2.19. The van der Waals surface area contributed by atoms with Crippen LogP contribution in [0.15, 0.2) is 29.3 Å². The Balaban J connectivity index is 0.00000676. The standard InChI is InChI=1S/C19H34N4O3.HI/c1-5-20-19(21-10-11-23(2)12-15-25-4)22-17-8-6-9-18(16-17)26-14-7-13-24-3;/h6,8-9,16H,5,7,10-15H2,1-4H3,(H2,20,21,22);1H. The summed E-state index contributed by atoms with van der Waals surface area (Å²) in [5.41, 5.74) is 0.946. The van der Waals surface area contributed by atoms with E-state index in [1.807, 2.05) is 24.3 Å². The molecule has 0 radical (unpaired) electrons. The lowest BCUT2D eigenvalue weighted by Gasteiger charge is -2.16. The Bertz CT molecular complexity index is 517. The Morgan fingerprint density at radius 2 is 1.89 bits per heavy atom. The number of hydrogen-bond acceptors (Lipinski definition) is 5. The molecule has 0 spiro atoms. The predicted molar refractivity (Wildman–Crippen MR) is 123 cm³/mol. The van der Waals surface area contributed by atoms with Crippen LogP contribution in [0.1, 0.15) is 13.3 Å². The van der Waals surface area contributed by atoms with Crippen LogP contribution in [-0.2, 0) is 9.47 Å². The molecule has 0 aliphatic carbocycles. The van der Waals surface area contributed by atoms with Gasteiger partial charge in [-0.2, -0.15) is 0 Å². The number of halogens is 1. The van der Waals surface area contributed by atoms with Gasteiger partial charge in [0, 0.05) is 58.6 Å². The summed E-state index contributed by atoms with van der Waals surface area (Å²) in [7, 11) is 5.48. The molecule has 0 saturated heterocycles. The van der Waals surface area contributed by atoms with E-state index in [4.69, 9.17) is 14.2 Å². The molecule has 0 saturated carbocycles. The summed E-state index contributed by atoms with van der Waals surface area (Å²) in [6, 6.07) is 7.90. The monoisotopic (exact) mass is 494 g/mol. The van der Waals surface area contributed by atoms with E-state index in [0.717, 1.165) is 50.1 Å². The lowest BCUT2D eigenvalue weighted by molar-refractivity contribution is 0.163. The normalized spacial score (nSPS) is 11.2. The summed E-state index contributed by atoms with van der Waals surface area (Å²) in [6.45, 7) is 7.42. The molecule has 0 fully saturated rings. The van der Waals surface area contributed by atoms with Crippen molar-refractivity contribution in [3.63, 3.8) is 0 Å². The van der Waals surface area contributed by atoms with Crippen LogP contribution in [0.2, 0.25) is 0 Å². The summed E-state index contributed by atoms with van der Waals surface area (Å²) in [4.78, 5) is 6.83. The average Bonchev–Trinajstić information content (AvgIpc) is 2.64. The molecule has 0 heterocycles. The number of benzene rings is 1. The molecule has 7 nitrogen and oxygen atoms in total. The van der Waals surface area contributed by atoms with Crippen molar-refractivity contribution in [2.75, 3.05) is 72.6 Å². The van der Waals surface area contributed by atoms with Crippen LogP contribution in [0.4, 0.5) is 5.69 Å². The number of likely N-dealkylation sites (N-methyl/N-ethyl adjacent to an activating group) is 1. The van der Waals surface area contributed by atoms with E-state index < -0.39 is 0 Å². The second kappa shape index (κ2) is 17.0. The third kappa shape index (κ3) is 12.8. The fraction of sp³-hybridized carbons (Fsp3) is 0.632. The maximum Gasteiger partial charge on any atom is 0.195 e. The van der Waals surface area contributed by atoms with E-state index in [0.29, 0.717) is 19.8 Å². The first-order valence-electron chi connectivity index (χ1n) is 9.14. The highest BCUT2D eigenvalue weighted by Gasteiger charge is 2.02. The molecule has 1 aromatic rings. The van der Waals surface area contributed by atoms with Gasteiger partial charge in [0.15, 0.2) is 5.96 Å². The Morgan fingerprint density at radius 1 is 1.11 bits per heavy atom. The number of guanidine groups is 1. The van der Waals surface area contributed by atoms with Crippen molar-refractivity contribution in [1.82, 2.24) is 10.2 Å². The Hall–Kier alpha value is -1.10. The van der Waals surface area contributed by atoms with Gasteiger partial charge in [-0.1, -0.05) is 6.07 Å². The third-order valence-corrected chi connectivity index (χ3v) is 3.63. The van der Waals surface area contributed by atoms with E-state index >= 15 is 0 Å². The number of nitrogens with zero attached hydrogens (tertiary/aromatic N) is 2. The fourth-order valence-corrected chi connectivity index (χ4v) is 2.19. The first-order chi connectivity index (χ1) is 12.7. The SMILES string of the molecule is CCNC(=NCCN(C)CCOC)Nc1cccc(OCCCOC)c1.I. The first-order valence-corrected chi connectivity index (χ1v) is 9.14. The zero-order valence-corrected chi connectivity index (χ0v) is 19.3. The van der Waals surface area contributed by atoms with Gasteiger partial charge in [0.2, 0.25) is 0 Å². The van der Waals surface area contributed by atoms with Crippen LogP contribution < -0.4 is 15.4 Å². The first kappa shape index (κ1) is 25.9. The summed E-state index contributed by atoms with van der Waals surface area (Å²) < 4.78 is 15.9. The molecule has 0 aliphatic heterocycles. The molecular formula is C19H35IN4O3. The van der Waals surface area contributed by atoms with Gasteiger partial charge in [0.1, 0.15) is 5.75 Å². The molecule has 1 rings (SSSR count). The van der Waals surface area contributed by atoms with Gasteiger partial charge in [-0.05, 0) is 26.1 Å². The van der Waals surface area contributed by atoms with Gasteiger partial charge in [0.25, 0.3) is 0 Å². The van der Waals surface area contributed by atoms with Gasteiger partial charge in [0.05, 0.1) is 19.8 Å². The zero-order chi connectivity index (χ0) is 19.0. The van der Waals surface area contributed by atoms with Crippen molar-refractivity contribution in [1.29, 1.82) is 0 Å². The molecular weight excluding hydrogens is 459 g/mol. The number of methoxy groups -OCH3 is 2. The molecule has 0 unspecified atom stereocenters. The van der Waals surface area contributed by atoms with Crippen molar-refractivity contribution in [3.05, 3.63) is 24.3 Å². The highest BCUT2D eigenvalue weighted by molar-refractivity contribution is 14.0. The van der Waals surface area contributed by atoms with E-state index in [2.05, 4.69) is 34.5 Å². The van der Waals surface area contributed by atoms with E-state index in [9.17, 15) is 0 Å². The topological polar surface area (TPSA) is 67.4 Å². The van der Waals surface area contributed by atoms with Gasteiger partial charge < -0.3 is 29.7 Å². The predicted octanol–water partition coefficient (Wildman–Crippen LogP) is 2.68. The molecule has 0 bridgehead atoms. The van der Waals surface area contributed by atoms with Crippen LogP contribution in [0.5, 0.6) is 5.75 Å². The van der Waals surface area contributed by atoms with Crippen molar-refractivity contribution >= 4 is 35.6 Å². The maximum atomic E-state index is 5.74. The van der Waals surface area contributed by atoms with Crippen molar-refractivity contribution in [2.24, 2.45) is 4.99 Å². The van der Waals surface area contributed by atoms with E-state index in [-0.39, 0.29) is 24.0 Å². The number of anilines is 1. The minimum absolute atomic E-state index is 0. The van der Waals surface area contributed by atoms with Crippen LogP contribution >= 0.6 is 24.0 Å². The van der Waals surface area contributed by atoms with Gasteiger partial charge in [-0.3, -0.25) is 4.99 Å². The zero-order valence-electron chi connectivity index (χ0n) is 17.0. The molecule has 0 aliphatic rings. The van der Waals surface area contributed by atoms with Crippen LogP contribution in [0, 0.1) is 0 Å². The van der Waals surface area contributed by atoms with Crippen LogP contribution in [0.3, 0.4) is 0 Å². The van der Waals surface area contributed by atoms with Gasteiger partial charge in [-0.15, -0.1) is 24.0 Å². The number of ether oxygens (including phenoxy) is 3. The summed E-state index contributed by atoms with van der Waals surface area (Å²) in [5, 5.41) is 6.60. The highest BCUT2D eigenvalue weighted by atomic mass is 127. The summed E-state index contributed by atoms with van der Waals surface area (Å²) in [5.74, 6) is 1.60. The number of rotatable bonds is 13. The second-order valence-corrected chi connectivity index (χ2v) is 5.90. The van der Waals surface area contributed by atoms with Gasteiger partial charge in [-0.25, -0.2) is 0 Å². The van der Waals surface area contributed by atoms with Crippen LogP contribution in [-0.4, -0.2) is 78.1 Å². The smallest absolute Gasteiger partial charge is 0.195 e. The minimum atomic E-state index is 0. The van der Waals surface area contributed by atoms with E-state index in [1.165, 1.54) is 0 Å². The molecule has 2 N–H and O–H groups in total. The Labute approximate surface area is 180 Å². The molecule has 8 heteroatoms. The van der Waals surface area contributed by atoms with E-state index in [1.54, 1.807) is 14.2 Å². The second-order valence-electron chi connectivity index (χ2n) is 5.90. The third-order valence-electron chi connectivity index (χ3n) is 3.63. The largest absolute Gasteiger partial charge is 0.493 e. The maximum absolute atomic E-state index is 5.74. The Kier molecular flexibility index (Phi) is 16.3. The molecule has 0 amide bonds. The molecule has 0 aromatic heterocycles. The average molecular weight is 494 g/mol. The quantitative estimate of drug-likeness (QED) is 0.190. The number of hydrogen-bond donors (Lipinski definition) is 2. The molecule has 27 heavy (non-hydrogen) atoms. The van der Waals surface area contributed by atoms with Crippen LogP contribution in [0.25, 0.3) is 0 Å². The van der Waals surface area contributed by atoms with Crippen molar-refractivity contribution in [2.45, 2.75) is 13.3 Å². The molecule has 0 atom stereocenters. The minimum Gasteiger partial charge on any atom is -0.493 e.